The lowest BCUT2D eigenvalue weighted by Crippen LogP contribution is -2.48. The van der Waals surface area contributed by atoms with Gasteiger partial charge in [-0.05, 0) is 63.5 Å². The Labute approximate surface area is 141 Å². The molecular formula is C18H23FN4O. The van der Waals surface area contributed by atoms with E-state index in [1.807, 2.05) is 19.9 Å². The van der Waals surface area contributed by atoms with Gasteiger partial charge in [0.25, 0.3) is 5.91 Å². The molecule has 0 bridgehead atoms. The van der Waals surface area contributed by atoms with E-state index in [1.54, 1.807) is 16.8 Å². The van der Waals surface area contributed by atoms with Gasteiger partial charge in [-0.15, -0.1) is 0 Å². The normalized spacial score (nSPS) is 20.8. The van der Waals surface area contributed by atoms with Crippen LogP contribution >= 0.6 is 0 Å². The summed E-state index contributed by atoms with van der Waals surface area (Å²) in [7, 11) is 0. The van der Waals surface area contributed by atoms with Gasteiger partial charge in [0.05, 0.1) is 5.69 Å². The number of amides is 1. The first kappa shape index (κ1) is 16.6. The highest BCUT2D eigenvalue weighted by molar-refractivity contribution is 5.94. The summed E-state index contributed by atoms with van der Waals surface area (Å²) in [5.74, 6) is -0.318. The van der Waals surface area contributed by atoms with Gasteiger partial charge in [0, 0.05) is 17.3 Å². The SMILES string of the molecule is Cc1cc(C)n(-c2ccc(C(=O)NC3CCNCC3C)cc2F)n1. The third-order valence-electron chi connectivity index (χ3n) is 4.55. The largest absolute Gasteiger partial charge is 0.349 e. The maximum absolute atomic E-state index is 14.5. The lowest BCUT2D eigenvalue weighted by atomic mass is 9.95. The molecule has 1 aromatic heterocycles. The minimum Gasteiger partial charge on any atom is -0.349 e. The molecule has 1 aliphatic rings. The topological polar surface area (TPSA) is 59.0 Å². The average Bonchev–Trinajstić information content (AvgIpc) is 2.87. The Hall–Kier alpha value is -2.21. The van der Waals surface area contributed by atoms with Crippen LogP contribution in [0.5, 0.6) is 0 Å². The molecule has 1 aromatic carbocycles. The molecule has 6 heteroatoms. The van der Waals surface area contributed by atoms with Crippen LogP contribution in [0.1, 0.15) is 35.1 Å². The van der Waals surface area contributed by atoms with E-state index in [0.29, 0.717) is 17.2 Å². The predicted molar refractivity (Wildman–Crippen MR) is 90.9 cm³/mol. The molecule has 2 unspecified atom stereocenters. The van der Waals surface area contributed by atoms with Crippen LogP contribution in [-0.2, 0) is 0 Å². The van der Waals surface area contributed by atoms with Crippen molar-refractivity contribution in [3.8, 4) is 5.69 Å². The standard InChI is InChI=1S/C18H23FN4O/c1-11-10-20-7-6-16(11)21-18(24)14-4-5-17(15(19)9-14)23-13(3)8-12(2)22-23/h4-5,8-9,11,16,20H,6-7,10H2,1-3H3,(H,21,24). The first-order valence-corrected chi connectivity index (χ1v) is 8.30. The van der Waals surface area contributed by atoms with Crippen LogP contribution < -0.4 is 10.6 Å². The van der Waals surface area contributed by atoms with Crippen molar-refractivity contribution >= 4 is 5.91 Å². The maximum Gasteiger partial charge on any atom is 0.251 e. The molecule has 3 rings (SSSR count). The summed E-state index contributed by atoms with van der Waals surface area (Å²) in [4.78, 5) is 12.4. The zero-order valence-corrected chi connectivity index (χ0v) is 14.3. The number of aromatic nitrogens is 2. The highest BCUT2D eigenvalue weighted by atomic mass is 19.1. The summed E-state index contributed by atoms with van der Waals surface area (Å²) in [5, 5.41) is 10.6. The lowest BCUT2D eigenvalue weighted by Gasteiger charge is -2.30. The molecule has 0 radical (unpaired) electrons. The highest BCUT2D eigenvalue weighted by Gasteiger charge is 2.23. The first-order chi connectivity index (χ1) is 11.5. The van der Waals surface area contributed by atoms with Crippen LogP contribution in [-0.4, -0.2) is 34.8 Å². The van der Waals surface area contributed by atoms with Crippen LogP contribution in [0, 0.1) is 25.6 Å². The number of benzene rings is 1. The molecular weight excluding hydrogens is 307 g/mol. The highest BCUT2D eigenvalue weighted by Crippen LogP contribution is 2.18. The van der Waals surface area contributed by atoms with Crippen LogP contribution in [0.4, 0.5) is 4.39 Å². The summed E-state index contributed by atoms with van der Waals surface area (Å²) >= 11 is 0. The molecule has 24 heavy (non-hydrogen) atoms. The number of rotatable bonds is 3. The Morgan fingerprint density at radius 1 is 1.38 bits per heavy atom. The molecule has 2 N–H and O–H groups in total. The summed E-state index contributed by atoms with van der Waals surface area (Å²) < 4.78 is 16.0. The zero-order valence-electron chi connectivity index (χ0n) is 14.3. The molecule has 1 aliphatic heterocycles. The van der Waals surface area contributed by atoms with E-state index >= 15 is 0 Å². The third kappa shape index (κ3) is 3.33. The summed E-state index contributed by atoms with van der Waals surface area (Å²) in [6.07, 6.45) is 0.888. The summed E-state index contributed by atoms with van der Waals surface area (Å²) in [6.45, 7) is 7.61. The number of hydrogen-bond acceptors (Lipinski definition) is 3. The van der Waals surface area contributed by atoms with Crippen molar-refractivity contribution in [1.82, 2.24) is 20.4 Å². The number of halogens is 1. The van der Waals surface area contributed by atoms with Crippen molar-refractivity contribution in [2.24, 2.45) is 5.92 Å². The number of piperidine rings is 1. The lowest BCUT2D eigenvalue weighted by molar-refractivity contribution is 0.0914. The fourth-order valence-corrected chi connectivity index (χ4v) is 3.17. The van der Waals surface area contributed by atoms with Gasteiger partial charge in [0.1, 0.15) is 11.5 Å². The second-order valence-electron chi connectivity index (χ2n) is 6.56. The van der Waals surface area contributed by atoms with E-state index in [1.165, 1.54) is 6.07 Å². The number of carbonyl (C=O) groups is 1. The fourth-order valence-electron chi connectivity index (χ4n) is 3.17. The van der Waals surface area contributed by atoms with Gasteiger partial charge in [-0.1, -0.05) is 6.92 Å². The van der Waals surface area contributed by atoms with Crippen molar-refractivity contribution in [1.29, 1.82) is 0 Å². The maximum atomic E-state index is 14.5. The number of aryl methyl sites for hydroxylation is 2. The number of nitrogens with one attached hydrogen (secondary N) is 2. The second-order valence-corrected chi connectivity index (χ2v) is 6.56. The summed E-state index contributed by atoms with van der Waals surface area (Å²) in [6, 6.07) is 6.55. The van der Waals surface area contributed by atoms with Crippen LogP contribution in [0.2, 0.25) is 0 Å². The Kier molecular flexibility index (Phi) is 4.66. The monoisotopic (exact) mass is 330 g/mol. The van der Waals surface area contributed by atoms with Crippen molar-refractivity contribution in [2.45, 2.75) is 33.2 Å². The predicted octanol–water partition coefficient (Wildman–Crippen LogP) is 2.36. The molecule has 2 atom stereocenters. The Morgan fingerprint density at radius 2 is 2.17 bits per heavy atom. The van der Waals surface area contributed by atoms with Gasteiger partial charge in [0.2, 0.25) is 0 Å². The van der Waals surface area contributed by atoms with Crippen LogP contribution in [0.25, 0.3) is 5.69 Å². The average molecular weight is 330 g/mol. The van der Waals surface area contributed by atoms with Crippen molar-refractivity contribution in [3.05, 3.63) is 47.0 Å². The quantitative estimate of drug-likeness (QED) is 0.908. The Morgan fingerprint density at radius 3 is 2.79 bits per heavy atom. The van der Waals surface area contributed by atoms with E-state index in [-0.39, 0.29) is 11.9 Å². The van der Waals surface area contributed by atoms with E-state index in [4.69, 9.17) is 0 Å². The second kappa shape index (κ2) is 6.73. The molecule has 1 fully saturated rings. The Bertz CT molecular complexity index is 755. The van der Waals surface area contributed by atoms with Gasteiger partial charge in [0.15, 0.2) is 0 Å². The smallest absolute Gasteiger partial charge is 0.251 e. The van der Waals surface area contributed by atoms with Gasteiger partial charge in [-0.3, -0.25) is 4.79 Å². The minimum atomic E-state index is -0.452. The number of hydrogen-bond donors (Lipinski definition) is 2. The van der Waals surface area contributed by atoms with Gasteiger partial charge < -0.3 is 10.6 Å². The molecule has 2 aromatic rings. The number of carbonyl (C=O) groups excluding carboxylic acids is 1. The summed E-state index contributed by atoms with van der Waals surface area (Å²) in [5.41, 5.74) is 2.37. The Balaban J connectivity index is 1.79. The molecule has 2 heterocycles. The van der Waals surface area contributed by atoms with E-state index < -0.39 is 5.82 Å². The van der Waals surface area contributed by atoms with Crippen LogP contribution in [0.3, 0.4) is 0 Å². The molecule has 1 amide bonds. The molecule has 5 nitrogen and oxygen atoms in total. The van der Waals surface area contributed by atoms with Gasteiger partial charge >= 0.3 is 0 Å². The molecule has 1 saturated heterocycles. The minimum absolute atomic E-state index is 0.123. The fraction of sp³-hybridized carbons (Fsp3) is 0.444. The molecule has 0 spiro atoms. The van der Waals surface area contributed by atoms with E-state index in [0.717, 1.165) is 30.9 Å². The van der Waals surface area contributed by atoms with Crippen LogP contribution in [0.15, 0.2) is 24.3 Å². The zero-order chi connectivity index (χ0) is 17.3. The van der Waals surface area contributed by atoms with E-state index in [2.05, 4.69) is 22.7 Å². The van der Waals surface area contributed by atoms with Gasteiger partial charge in [-0.2, -0.15) is 5.10 Å². The van der Waals surface area contributed by atoms with E-state index in [9.17, 15) is 9.18 Å². The number of nitrogens with zero attached hydrogens (tertiary/aromatic N) is 2. The van der Waals surface area contributed by atoms with Crippen molar-refractivity contribution in [2.75, 3.05) is 13.1 Å². The van der Waals surface area contributed by atoms with Crippen molar-refractivity contribution in [3.63, 3.8) is 0 Å². The molecule has 0 aliphatic carbocycles. The molecule has 0 saturated carbocycles. The third-order valence-corrected chi connectivity index (χ3v) is 4.55. The first-order valence-electron chi connectivity index (χ1n) is 8.30. The van der Waals surface area contributed by atoms with Gasteiger partial charge in [-0.25, -0.2) is 9.07 Å². The molecule has 128 valence electrons. The van der Waals surface area contributed by atoms with Crippen molar-refractivity contribution < 1.29 is 9.18 Å².